The van der Waals surface area contributed by atoms with Crippen molar-refractivity contribution >= 4 is 12.0 Å². The zero-order valence-corrected chi connectivity index (χ0v) is 13.3. The number of hydrogen-bond donors (Lipinski definition) is 1. The van der Waals surface area contributed by atoms with Crippen LogP contribution >= 0.6 is 0 Å². The van der Waals surface area contributed by atoms with Crippen molar-refractivity contribution in [3.63, 3.8) is 0 Å². The number of ether oxygens (including phenoxy) is 1. The maximum Gasteiger partial charge on any atom is 0.325 e. The Bertz CT molecular complexity index is 513. The van der Waals surface area contributed by atoms with Gasteiger partial charge in [0.05, 0.1) is 13.2 Å². The molecule has 1 N–H and O–H groups in total. The zero-order chi connectivity index (χ0) is 15.9. The summed E-state index contributed by atoms with van der Waals surface area (Å²) in [5, 5.41) is 2.65. The lowest BCUT2D eigenvalue weighted by Gasteiger charge is -2.30. The second kappa shape index (κ2) is 7.82. The number of nitrogens with one attached hydrogen (secondary N) is 1. The molecule has 1 saturated heterocycles. The van der Waals surface area contributed by atoms with Crippen LogP contribution in [0.5, 0.6) is 0 Å². The van der Waals surface area contributed by atoms with Gasteiger partial charge in [-0.2, -0.15) is 0 Å². The van der Waals surface area contributed by atoms with Crippen LogP contribution in [-0.4, -0.2) is 37.1 Å². The van der Waals surface area contributed by atoms with E-state index in [4.69, 9.17) is 0 Å². The Hall–Kier alpha value is -2.04. The third-order valence-electron chi connectivity index (χ3n) is 4.09. The monoisotopic (exact) mass is 304 g/mol. The van der Waals surface area contributed by atoms with Crippen molar-refractivity contribution in [3.8, 4) is 0 Å². The van der Waals surface area contributed by atoms with E-state index in [2.05, 4.69) is 41.2 Å². The molecule has 1 aliphatic rings. The highest BCUT2D eigenvalue weighted by molar-refractivity contribution is 5.81. The quantitative estimate of drug-likeness (QED) is 0.874. The summed E-state index contributed by atoms with van der Waals surface area (Å²) in [7, 11) is 1.32. The number of amides is 2. The van der Waals surface area contributed by atoms with Gasteiger partial charge in [-0.3, -0.25) is 4.79 Å². The van der Waals surface area contributed by atoms with Gasteiger partial charge >= 0.3 is 12.0 Å². The Morgan fingerprint density at radius 3 is 2.64 bits per heavy atom. The van der Waals surface area contributed by atoms with Crippen LogP contribution in [0.3, 0.4) is 0 Å². The fraction of sp³-hybridized carbons (Fsp3) is 0.529. The second-order valence-corrected chi connectivity index (χ2v) is 5.70. The topological polar surface area (TPSA) is 58.6 Å². The number of likely N-dealkylation sites (tertiary alicyclic amines) is 1. The molecule has 1 unspecified atom stereocenters. The number of benzene rings is 1. The van der Waals surface area contributed by atoms with Gasteiger partial charge in [0.15, 0.2) is 0 Å². The van der Waals surface area contributed by atoms with E-state index in [-0.39, 0.29) is 18.6 Å². The predicted octanol–water partition coefficient (Wildman–Crippen LogP) is 2.79. The van der Waals surface area contributed by atoms with Crippen LogP contribution in [0.2, 0.25) is 0 Å². The molecule has 1 aromatic rings. The molecule has 2 rings (SSSR count). The minimum atomic E-state index is -0.435. The number of carbonyl (C=O) groups is 2. The number of rotatable bonds is 3. The first-order valence-corrected chi connectivity index (χ1v) is 7.79. The van der Waals surface area contributed by atoms with E-state index in [1.54, 1.807) is 0 Å². The van der Waals surface area contributed by atoms with Gasteiger partial charge in [0, 0.05) is 6.54 Å². The lowest BCUT2D eigenvalue weighted by Crippen LogP contribution is -2.44. The molecular formula is C17H24N2O3. The van der Waals surface area contributed by atoms with E-state index in [0.717, 1.165) is 31.2 Å². The van der Waals surface area contributed by atoms with Crippen LogP contribution in [0.4, 0.5) is 4.79 Å². The SMILES string of the molecule is COC(=O)CNC(=O)N1CCCCCC1c1ccc(C)cc1. The minimum absolute atomic E-state index is 0.0701. The Kier molecular flexibility index (Phi) is 5.81. The van der Waals surface area contributed by atoms with E-state index in [0.29, 0.717) is 6.54 Å². The summed E-state index contributed by atoms with van der Waals surface area (Å²) < 4.78 is 4.57. The zero-order valence-electron chi connectivity index (χ0n) is 13.3. The van der Waals surface area contributed by atoms with Crippen molar-refractivity contribution in [1.29, 1.82) is 0 Å². The van der Waals surface area contributed by atoms with Crippen molar-refractivity contribution in [2.45, 2.75) is 38.6 Å². The van der Waals surface area contributed by atoms with E-state index >= 15 is 0 Å². The van der Waals surface area contributed by atoms with Crippen molar-refractivity contribution in [3.05, 3.63) is 35.4 Å². The van der Waals surface area contributed by atoms with Crippen molar-refractivity contribution < 1.29 is 14.3 Å². The molecule has 22 heavy (non-hydrogen) atoms. The molecule has 1 heterocycles. The van der Waals surface area contributed by atoms with E-state index < -0.39 is 5.97 Å². The molecule has 0 saturated carbocycles. The predicted molar refractivity (Wildman–Crippen MR) is 84.5 cm³/mol. The number of urea groups is 1. The number of esters is 1. The Morgan fingerprint density at radius 2 is 1.95 bits per heavy atom. The van der Waals surface area contributed by atoms with Crippen LogP contribution in [0.15, 0.2) is 24.3 Å². The summed E-state index contributed by atoms with van der Waals surface area (Å²) in [6.45, 7) is 2.68. The van der Waals surface area contributed by atoms with Gasteiger partial charge in [0.25, 0.3) is 0 Å². The minimum Gasteiger partial charge on any atom is -0.468 e. The van der Waals surface area contributed by atoms with E-state index in [1.165, 1.54) is 12.7 Å². The molecule has 5 heteroatoms. The van der Waals surface area contributed by atoms with Gasteiger partial charge in [0.2, 0.25) is 0 Å². The maximum atomic E-state index is 12.4. The van der Waals surface area contributed by atoms with Gasteiger partial charge in [-0.05, 0) is 25.3 Å². The average molecular weight is 304 g/mol. The summed E-state index contributed by atoms with van der Waals surface area (Å²) >= 11 is 0. The maximum absolute atomic E-state index is 12.4. The summed E-state index contributed by atoms with van der Waals surface area (Å²) in [4.78, 5) is 25.5. The number of carbonyl (C=O) groups excluding carboxylic acids is 2. The normalized spacial score (nSPS) is 18.5. The molecule has 0 spiro atoms. The third kappa shape index (κ3) is 4.23. The smallest absolute Gasteiger partial charge is 0.325 e. The van der Waals surface area contributed by atoms with E-state index in [9.17, 15) is 9.59 Å². The largest absolute Gasteiger partial charge is 0.468 e. The van der Waals surface area contributed by atoms with Crippen molar-refractivity contribution in [2.24, 2.45) is 0 Å². The summed E-state index contributed by atoms with van der Waals surface area (Å²) in [6, 6.07) is 8.20. The fourth-order valence-electron chi connectivity index (χ4n) is 2.81. The average Bonchev–Trinajstić information content (AvgIpc) is 2.79. The lowest BCUT2D eigenvalue weighted by molar-refractivity contribution is -0.139. The van der Waals surface area contributed by atoms with Crippen LogP contribution in [0.25, 0.3) is 0 Å². The number of nitrogens with zero attached hydrogens (tertiary/aromatic N) is 1. The molecule has 2 amide bonds. The molecule has 0 aromatic heterocycles. The third-order valence-corrected chi connectivity index (χ3v) is 4.09. The first kappa shape index (κ1) is 16.3. The summed E-state index contributed by atoms with van der Waals surface area (Å²) in [6.07, 6.45) is 4.19. The first-order valence-electron chi connectivity index (χ1n) is 7.79. The molecule has 1 aliphatic heterocycles. The van der Waals surface area contributed by atoms with Crippen LogP contribution in [-0.2, 0) is 9.53 Å². The summed E-state index contributed by atoms with van der Waals surface area (Å²) in [5.41, 5.74) is 2.36. The van der Waals surface area contributed by atoms with Crippen molar-refractivity contribution in [2.75, 3.05) is 20.2 Å². The van der Waals surface area contributed by atoms with Gasteiger partial charge in [-0.25, -0.2) is 4.79 Å². The van der Waals surface area contributed by atoms with Crippen LogP contribution in [0, 0.1) is 6.92 Å². The first-order chi connectivity index (χ1) is 10.6. The van der Waals surface area contributed by atoms with Gasteiger partial charge in [0.1, 0.15) is 6.54 Å². The molecule has 1 fully saturated rings. The highest BCUT2D eigenvalue weighted by Crippen LogP contribution is 2.30. The molecule has 1 aromatic carbocycles. The standard InChI is InChI=1S/C17H24N2O3/c1-13-7-9-14(10-8-13)15-6-4-3-5-11-19(15)17(21)18-12-16(20)22-2/h7-10,15H,3-6,11-12H2,1-2H3,(H,18,21). The summed E-state index contributed by atoms with van der Waals surface area (Å²) in [5.74, 6) is -0.435. The Morgan fingerprint density at radius 1 is 1.23 bits per heavy atom. The van der Waals surface area contributed by atoms with Crippen LogP contribution < -0.4 is 5.32 Å². The van der Waals surface area contributed by atoms with Gasteiger partial charge in [-0.1, -0.05) is 42.7 Å². The fourth-order valence-corrected chi connectivity index (χ4v) is 2.81. The molecule has 120 valence electrons. The molecule has 1 atom stereocenters. The highest BCUT2D eigenvalue weighted by Gasteiger charge is 2.26. The highest BCUT2D eigenvalue weighted by atomic mass is 16.5. The lowest BCUT2D eigenvalue weighted by atomic mass is 10.00. The molecule has 0 bridgehead atoms. The second-order valence-electron chi connectivity index (χ2n) is 5.70. The molecule has 5 nitrogen and oxygen atoms in total. The number of aryl methyl sites for hydroxylation is 1. The number of hydrogen-bond acceptors (Lipinski definition) is 3. The van der Waals surface area contributed by atoms with E-state index in [1.807, 2.05) is 4.90 Å². The number of methoxy groups -OCH3 is 1. The van der Waals surface area contributed by atoms with Gasteiger partial charge < -0.3 is 15.0 Å². The van der Waals surface area contributed by atoms with Crippen molar-refractivity contribution in [1.82, 2.24) is 10.2 Å². The Balaban J connectivity index is 2.11. The van der Waals surface area contributed by atoms with Gasteiger partial charge in [-0.15, -0.1) is 0 Å². The molecule has 0 radical (unpaired) electrons. The van der Waals surface area contributed by atoms with Crippen LogP contribution in [0.1, 0.15) is 42.9 Å². The Labute approximate surface area is 131 Å². The molecule has 0 aliphatic carbocycles. The molecular weight excluding hydrogens is 280 g/mol.